The van der Waals surface area contributed by atoms with Crippen LogP contribution in [0.3, 0.4) is 0 Å². The summed E-state index contributed by atoms with van der Waals surface area (Å²) in [5.41, 5.74) is 6.56. The molecule has 2 N–H and O–H groups in total. The monoisotopic (exact) mass is 323 g/mol. The van der Waals surface area contributed by atoms with E-state index < -0.39 is 12.0 Å². The molecule has 0 bridgehead atoms. The van der Waals surface area contributed by atoms with Crippen molar-refractivity contribution in [2.45, 2.75) is 12.5 Å². The summed E-state index contributed by atoms with van der Waals surface area (Å²) in [5, 5.41) is 0. The van der Waals surface area contributed by atoms with Crippen LogP contribution in [-0.4, -0.2) is 26.2 Å². The average Bonchev–Trinajstić information content (AvgIpc) is 2.28. The average molecular weight is 325 g/mol. The van der Waals surface area contributed by atoms with Gasteiger partial charge in [0.1, 0.15) is 11.8 Å². The number of nitrogens with two attached hydrogens (primary N) is 1. The van der Waals surface area contributed by atoms with Crippen LogP contribution in [0.1, 0.15) is 5.56 Å². The minimum Gasteiger partial charge on any atom is -0.496 e. The molecule has 4 nitrogen and oxygen atoms in total. The standard InChI is InChI=1S/C11H14BrNO3.ClH/c1-15-10-4-3-8(12)5-7(10)6-9(13)11(14)16-2;/h3-5,9H,6,13H2,1-2H3;1H. The molecule has 1 aromatic carbocycles. The summed E-state index contributed by atoms with van der Waals surface area (Å²) in [6, 6.07) is 4.89. The van der Waals surface area contributed by atoms with Crippen LogP contribution in [0.4, 0.5) is 0 Å². The first-order chi connectivity index (χ1) is 7.58. The zero-order chi connectivity index (χ0) is 12.1. The maximum atomic E-state index is 11.2. The van der Waals surface area contributed by atoms with E-state index in [1.165, 1.54) is 7.11 Å². The molecule has 0 aliphatic carbocycles. The molecule has 0 aliphatic heterocycles. The smallest absolute Gasteiger partial charge is 0.322 e. The lowest BCUT2D eigenvalue weighted by atomic mass is 10.1. The lowest BCUT2D eigenvalue weighted by Gasteiger charge is -2.12. The summed E-state index contributed by atoms with van der Waals surface area (Å²) >= 11 is 3.36. The number of hydrogen-bond acceptors (Lipinski definition) is 4. The maximum Gasteiger partial charge on any atom is 0.322 e. The van der Waals surface area contributed by atoms with Gasteiger partial charge in [-0.3, -0.25) is 4.79 Å². The molecule has 0 radical (unpaired) electrons. The first-order valence-electron chi connectivity index (χ1n) is 4.74. The third-order valence-corrected chi connectivity index (χ3v) is 2.68. The molecule has 0 spiro atoms. The number of carbonyl (C=O) groups excluding carboxylic acids is 1. The largest absolute Gasteiger partial charge is 0.496 e. The highest BCUT2D eigenvalue weighted by molar-refractivity contribution is 9.10. The van der Waals surface area contributed by atoms with Crippen LogP contribution in [0.2, 0.25) is 0 Å². The topological polar surface area (TPSA) is 61.5 Å². The van der Waals surface area contributed by atoms with Gasteiger partial charge in [-0.05, 0) is 23.8 Å². The number of carbonyl (C=O) groups is 1. The van der Waals surface area contributed by atoms with E-state index in [0.717, 1.165) is 10.0 Å². The Morgan fingerprint density at radius 3 is 2.65 bits per heavy atom. The number of rotatable bonds is 4. The predicted molar refractivity (Wildman–Crippen MR) is 71.6 cm³/mol. The van der Waals surface area contributed by atoms with Crippen LogP contribution >= 0.6 is 28.3 Å². The Balaban J connectivity index is 0.00000256. The third-order valence-electron chi connectivity index (χ3n) is 2.19. The molecule has 0 fully saturated rings. The Morgan fingerprint density at radius 1 is 1.47 bits per heavy atom. The van der Waals surface area contributed by atoms with Gasteiger partial charge in [0.25, 0.3) is 0 Å². The Morgan fingerprint density at radius 2 is 2.12 bits per heavy atom. The first kappa shape index (κ1) is 16.2. The van der Waals surface area contributed by atoms with E-state index in [1.807, 2.05) is 18.2 Å². The van der Waals surface area contributed by atoms with Crippen molar-refractivity contribution in [1.82, 2.24) is 0 Å². The molecular weight excluding hydrogens is 309 g/mol. The fourth-order valence-corrected chi connectivity index (χ4v) is 1.79. The summed E-state index contributed by atoms with van der Waals surface area (Å²) in [6.07, 6.45) is 0.384. The van der Waals surface area contributed by atoms with E-state index in [-0.39, 0.29) is 12.4 Å². The van der Waals surface area contributed by atoms with Crippen LogP contribution in [0, 0.1) is 0 Å². The van der Waals surface area contributed by atoms with Crippen molar-refractivity contribution in [2.24, 2.45) is 5.73 Å². The summed E-state index contributed by atoms with van der Waals surface area (Å²) in [6.45, 7) is 0. The third kappa shape index (κ3) is 4.53. The summed E-state index contributed by atoms with van der Waals surface area (Å²) in [5.74, 6) is 0.282. The summed E-state index contributed by atoms with van der Waals surface area (Å²) in [7, 11) is 2.90. The van der Waals surface area contributed by atoms with Gasteiger partial charge in [0.2, 0.25) is 0 Å². The number of ether oxygens (including phenoxy) is 2. The van der Waals surface area contributed by atoms with Gasteiger partial charge in [0, 0.05) is 10.9 Å². The highest BCUT2D eigenvalue weighted by Crippen LogP contribution is 2.24. The van der Waals surface area contributed by atoms with Crippen LogP contribution in [0.25, 0.3) is 0 Å². The van der Waals surface area contributed by atoms with Gasteiger partial charge in [-0.1, -0.05) is 15.9 Å². The molecule has 0 saturated heterocycles. The van der Waals surface area contributed by atoms with Gasteiger partial charge in [0.15, 0.2) is 0 Å². The highest BCUT2D eigenvalue weighted by atomic mass is 79.9. The maximum absolute atomic E-state index is 11.2. The molecule has 1 aromatic rings. The number of methoxy groups -OCH3 is 2. The van der Waals surface area contributed by atoms with Crippen LogP contribution in [0.5, 0.6) is 5.75 Å². The van der Waals surface area contributed by atoms with Crippen molar-refractivity contribution in [3.05, 3.63) is 28.2 Å². The van der Waals surface area contributed by atoms with Gasteiger partial charge in [-0.25, -0.2) is 0 Å². The molecule has 1 atom stereocenters. The second kappa shape index (κ2) is 7.53. The Kier molecular flexibility index (Phi) is 7.18. The quantitative estimate of drug-likeness (QED) is 0.860. The fourth-order valence-electron chi connectivity index (χ4n) is 1.38. The van der Waals surface area contributed by atoms with Crippen molar-refractivity contribution in [3.8, 4) is 5.75 Å². The van der Waals surface area contributed by atoms with Crippen molar-refractivity contribution in [1.29, 1.82) is 0 Å². The number of halogens is 2. The number of benzene rings is 1. The predicted octanol–water partition coefficient (Wildman–Crippen LogP) is 1.92. The molecule has 0 heterocycles. The lowest BCUT2D eigenvalue weighted by Crippen LogP contribution is -2.33. The molecular formula is C11H15BrClNO3. The van der Waals surface area contributed by atoms with E-state index >= 15 is 0 Å². The summed E-state index contributed by atoms with van der Waals surface area (Å²) < 4.78 is 10.7. The second-order valence-electron chi connectivity index (χ2n) is 3.29. The van der Waals surface area contributed by atoms with E-state index in [1.54, 1.807) is 7.11 Å². The van der Waals surface area contributed by atoms with Crippen molar-refractivity contribution in [3.63, 3.8) is 0 Å². The van der Waals surface area contributed by atoms with E-state index in [0.29, 0.717) is 12.2 Å². The molecule has 6 heteroatoms. The zero-order valence-corrected chi connectivity index (χ0v) is 12.0. The van der Waals surface area contributed by atoms with Gasteiger partial charge < -0.3 is 15.2 Å². The lowest BCUT2D eigenvalue weighted by molar-refractivity contribution is -0.142. The van der Waals surface area contributed by atoms with Gasteiger partial charge in [0.05, 0.1) is 14.2 Å². The van der Waals surface area contributed by atoms with Crippen LogP contribution < -0.4 is 10.5 Å². The van der Waals surface area contributed by atoms with E-state index in [4.69, 9.17) is 10.5 Å². The Bertz CT molecular complexity index is 387. The molecule has 17 heavy (non-hydrogen) atoms. The van der Waals surface area contributed by atoms with Crippen molar-refractivity contribution < 1.29 is 14.3 Å². The molecule has 1 rings (SSSR count). The molecule has 0 aromatic heterocycles. The van der Waals surface area contributed by atoms with E-state index in [9.17, 15) is 4.79 Å². The molecule has 0 aliphatic rings. The number of hydrogen-bond donors (Lipinski definition) is 1. The Labute approximate surface area is 115 Å². The molecule has 96 valence electrons. The van der Waals surface area contributed by atoms with Crippen LogP contribution in [0.15, 0.2) is 22.7 Å². The Hall–Kier alpha value is -0.780. The molecule has 0 saturated carbocycles. The van der Waals surface area contributed by atoms with Gasteiger partial charge in [-0.15, -0.1) is 12.4 Å². The highest BCUT2D eigenvalue weighted by Gasteiger charge is 2.16. The molecule has 1 unspecified atom stereocenters. The minimum absolute atomic E-state index is 0. The second-order valence-corrected chi connectivity index (χ2v) is 4.21. The minimum atomic E-state index is -0.673. The normalized spacial score (nSPS) is 11.3. The van der Waals surface area contributed by atoms with E-state index in [2.05, 4.69) is 20.7 Å². The summed E-state index contributed by atoms with van der Waals surface area (Å²) in [4.78, 5) is 11.2. The first-order valence-corrected chi connectivity index (χ1v) is 5.53. The van der Waals surface area contributed by atoms with Crippen molar-refractivity contribution in [2.75, 3.05) is 14.2 Å². The number of esters is 1. The van der Waals surface area contributed by atoms with Crippen molar-refractivity contribution >= 4 is 34.3 Å². The molecule has 0 amide bonds. The van der Waals surface area contributed by atoms with Gasteiger partial charge >= 0.3 is 5.97 Å². The zero-order valence-electron chi connectivity index (χ0n) is 9.60. The SMILES string of the molecule is COC(=O)C(N)Cc1cc(Br)ccc1OC.Cl. The van der Waals surface area contributed by atoms with Crippen LogP contribution in [-0.2, 0) is 16.0 Å². The van der Waals surface area contributed by atoms with Gasteiger partial charge in [-0.2, -0.15) is 0 Å². The fraction of sp³-hybridized carbons (Fsp3) is 0.364.